The number of alkyl carbamates (subject to hydrolysis) is 1. The lowest BCUT2D eigenvalue weighted by Crippen LogP contribution is -2.39. The summed E-state index contributed by atoms with van der Waals surface area (Å²) in [6.07, 6.45) is -3.10. The summed E-state index contributed by atoms with van der Waals surface area (Å²) in [7, 11) is 0. The minimum absolute atomic E-state index is 0.334. The fourth-order valence-electron chi connectivity index (χ4n) is 1.74. The Kier molecular flexibility index (Phi) is 5.63. The molecule has 0 saturated heterocycles. The molecule has 0 radical (unpaired) electrons. The van der Waals surface area contributed by atoms with Gasteiger partial charge in [0.1, 0.15) is 5.60 Å². The Balaban J connectivity index is 2.67. The summed E-state index contributed by atoms with van der Waals surface area (Å²) in [6.45, 7) is 8.84. The topological polar surface area (TPSA) is 38.3 Å². The van der Waals surface area contributed by atoms with E-state index in [1.807, 2.05) is 0 Å². The van der Waals surface area contributed by atoms with Gasteiger partial charge in [-0.1, -0.05) is 18.2 Å². The SMILES string of the molecule is C=CC(Cc1ccc(C(F)(F)F)cc1)NC(=O)OC(C)(C)C. The molecule has 1 aromatic rings. The van der Waals surface area contributed by atoms with Crippen molar-refractivity contribution in [3.05, 3.63) is 48.0 Å². The molecule has 0 spiro atoms. The van der Waals surface area contributed by atoms with E-state index in [1.54, 1.807) is 20.8 Å². The lowest BCUT2D eigenvalue weighted by Gasteiger charge is -2.22. The van der Waals surface area contributed by atoms with Crippen molar-refractivity contribution >= 4 is 6.09 Å². The third-order valence-corrected chi connectivity index (χ3v) is 2.72. The molecule has 1 unspecified atom stereocenters. The third kappa shape index (κ3) is 6.20. The minimum atomic E-state index is -4.36. The van der Waals surface area contributed by atoms with Crippen LogP contribution in [-0.2, 0) is 17.3 Å². The zero-order valence-electron chi connectivity index (χ0n) is 12.8. The van der Waals surface area contributed by atoms with Gasteiger partial charge >= 0.3 is 12.3 Å². The summed E-state index contributed by atoms with van der Waals surface area (Å²) in [5, 5.41) is 2.62. The number of hydrogen-bond donors (Lipinski definition) is 1. The number of benzene rings is 1. The van der Waals surface area contributed by atoms with Gasteiger partial charge in [0.15, 0.2) is 0 Å². The first-order valence-corrected chi connectivity index (χ1v) is 6.79. The maximum Gasteiger partial charge on any atom is 0.416 e. The second kappa shape index (κ2) is 6.85. The Bertz CT molecular complexity index is 516. The van der Waals surface area contributed by atoms with Gasteiger partial charge in [0.05, 0.1) is 11.6 Å². The van der Waals surface area contributed by atoms with Crippen molar-refractivity contribution in [3.63, 3.8) is 0 Å². The van der Waals surface area contributed by atoms with Gasteiger partial charge in [0, 0.05) is 0 Å². The summed E-state index contributed by atoms with van der Waals surface area (Å²) < 4.78 is 42.6. The van der Waals surface area contributed by atoms with Crippen LogP contribution in [0.4, 0.5) is 18.0 Å². The summed E-state index contributed by atoms with van der Waals surface area (Å²) >= 11 is 0. The monoisotopic (exact) mass is 315 g/mol. The first-order chi connectivity index (χ1) is 10.0. The molecular formula is C16H20F3NO2. The highest BCUT2D eigenvalue weighted by Gasteiger charge is 2.30. The van der Waals surface area contributed by atoms with Crippen molar-refractivity contribution in [3.8, 4) is 0 Å². The summed E-state index contributed by atoms with van der Waals surface area (Å²) in [5.41, 5.74) is -0.662. The van der Waals surface area contributed by atoms with Gasteiger partial charge in [-0.15, -0.1) is 6.58 Å². The Morgan fingerprint density at radius 3 is 2.23 bits per heavy atom. The van der Waals surface area contributed by atoms with E-state index in [0.717, 1.165) is 12.1 Å². The molecule has 122 valence electrons. The van der Waals surface area contributed by atoms with E-state index in [4.69, 9.17) is 4.74 Å². The van der Waals surface area contributed by atoms with Gasteiger partial charge in [-0.3, -0.25) is 0 Å². The van der Waals surface area contributed by atoms with Crippen molar-refractivity contribution in [2.24, 2.45) is 0 Å². The number of hydrogen-bond acceptors (Lipinski definition) is 2. The lowest BCUT2D eigenvalue weighted by molar-refractivity contribution is -0.137. The standard InChI is InChI=1S/C16H20F3NO2/c1-5-13(20-14(21)22-15(2,3)4)10-11-6-8-12(9-7-11)16(17,18)19/h5-9,13H,1,10H2,2-4H3,(H,20,21). The molecule has 0 aliphatic rings. The molecule has 0 aliphatic carbocycles. The predicted octanol–water partition coefficient (Wildman–Crippen LogP) is 4.33. The van der Waals surface area contributed by atoms with Crippen LogP contribution in [0.5, 0.6) is 0 Å². The van der Waals surface area contributed by atoms with E-state index in [2.05, 4.69) is 11.9 Å². The van der Waals surface area contributed by atoms with Crippen LogP contribution in [0, 0.1) is 0 Å². The number of carbonyl (C=O) groups is 1. The predicted molar refractivity (Wildman–Crippen MR) is 78.5 cm³/mol. The number of halogens is 3. The highest BCUT2D eigenvalue weighted by molar-refractivity contribution is 5.68. The molecule has 1 rings (SSSR count). The normalized spacial score (nSPS) is 13.4. The first kappa shape index (κ1) is 18.1. The Morgan fingerprint density at radius 1 is 1.27 bits per heavy atom. The molecule has 6 heteroatoms. The molecule has 22 heavy (non-hydrogen) atoms. The molecular weight excluding hydrogens is 295 g/mol. The van der Waals surface area contributed by atoms with E-state index in [9.17, 15) is 18.0 Å². The van der Waals surface area contributed by atoms with E-state index in [-0.39, 0.29) is 0 Å². The van der Waals surface area contributed by atoms with E-state index >= 15 is 0 Å². The molecule has 1 amide bonds. The van der Waals surface area contributed by atoms with E-state index < -0.39 is 29.5 Å². The summed E-state index contributed by atoms with van der Waals surface area (Å²) in [6, 6.07) is 4.38. The van der Waals surface area contributed by atoms with Crippen molar-refractivity contribution in [1.82, 2.24) is 5.32 Å². The lowest BCUT2D eigenvalue weighted by atomic mass is 10.0. The number of rotatable bonds is 4. The maximum absolute atomic E-state index is 12.5. The third-order valence-electron chi connectivity index (χ3n) is 2.72. The van der Waals surface area contributed by atoms with Crippen LogP contribution in [0.3, 0.4) is 0 Å². The van der Waals surface area contributed by atoms with Crippen LogP contribution in [0.2, 0.25) is 0 Å². The number of ether oxygens (including phenoxy) is 1. The van der Waals surface area contributed by atoms with Gasteiger partial charge in [-0.2, -0.15) is 13.2 Å². The number of alkyl halides is 3. The van der Waals surface area contributed by atoms with Crippen LogP contribution in [0.15, 0.2) is 36.9 Å². The van der Waals surface area contributed by atoms with Crippen molar-refractivity contribution in [1.29, 1.82) is 0 Å². The van der Waals surface area contributed by atoms with Crippen LogP contribution in [0.25, 0.3) is 0 Å². The number of nitrogens with one attached hydrogen (secondary N) is 1. The molecule has 3 nitrogen and oxygen atoms in total. The number of carbonyl (C=O) groups excluding carboxylic acids is 1. The smallest absolute Gasteiger partial charge is 0.416 e. The minimum Gasteiger partial charge on any atom is -0.444 e. The molecule has 0 bridgehead atoms. The molecule has 1 aromatic carbocycles. The van der Waals surface area contributed by atoms with Crippen molar-refractivity contribution in [2.75, 3.05) is 0 Å². The van der Waals surface area contributed by atoms with Crippen LogP contribution >= 0.6 is 0 Å². The summed E-state index contributed by atoms with van der Waals surface area (Å²) in [4.78, 5) is 11.7. The van der Waals surface area contributed by atoms with E-state index in [0.29, 0.717) is 12.0 Å². The Hall–Kier alpha value is -1.98. The van der Waals surface area contributed by atoms with Crippen LogP contribution in [-0.4, -0.2) is 17.7 Å². The van der Waals surface area contributed by atoms with Crippen molar-refractivity contribution in [2.45, 2.75) is 45.0 Å². The fraction of sp³-hybridized carbons (Fsp3) is 0.438. The molecule has 1 N–H and O–H groups in total. The average Bonchev–Trinajstić information content (AvgIpc) is 2.35. The molecule has 0 aromatic heterocycles. The highest BCUT2D eigenvalue weighted by Crippen LogP contribution is 2.29. The fourth-order valence-corrected chi connectivity index (χ4v) is 1.74. The zero-order valence-corrected chi connectivity index (χ0v) is 12.8. The number of amides is 1. The van der Waals surface area contributed by atoms with Gasteiger partial charge in [0.25, 0.3) is 0 Å². The van der Waals surface area contributed by atoms with Gasteiger partial charge in [-0.05, 0) is 44.9 Å². The largest absolute Gasteiger partial charge is 0.444 e. The van der Waals surface area contributed by atoms with Gasteiger partial charge < -0.3 is 10.1 Å². The second-order valence-electron chi connectivity index (χ2n) is 5.89. The van der Waals surface area contributed by atoms with Crippen LogP contribution < -0.4 is 5.32 Å². The molecule has 1 atom stereocenters. The molecule has 0 aliphatic heterocycles. The summed E-state index contributed by atoms with van der Waals surface area (Å²) in [5.74, 6) is 0. The highest BCUT2D eigenvalue weighted by atomic mass is 19.4. The van der Waals surface area contributed by atoms with Gasteiger partial charge in [0.2, 0.25) is 0 Å². The molecule has 0 fully saturated rings. The first-order valence-electron chi connectivity index (χ1n) is 6.79. The Morgan fingerprint density at radius 2 is 1.82 bits per heavy atom. The maximum atomic E-state index is 12.5. The zero-order chi connectivity index (χ0) is 17.0. The van der Waals surface area contributed by atoms with Gasteiger partial charge in [-0.25, -0.2) is 4.79 Å². The second-order valence-corrected chi connectivity index (χ2v) is 5.89. The van der Waals surface area contributed by atoms with E-state index in [1.165, 1.54) is 18.2 Å². The average molecular weight is 315 g/mol. The Labute approximate surface area is 128 Å². The van der Waals surface area contributed by atoms with Crippen molar-refractivity contribution < 1.29 is 22.7 Å². The molecule has 0 heterocycles. The van der Waals surface area contributed by atoms with Crippen LogP contribution in [0.1, 0.15) is 31.9 Å². The quantitative estimate of drug-likeness (QED) is 0.840. The molecule has 0 saturated carbocycles.